The molecule has 8 nitrogen and oxygen atoms in total. The quantitative estimate of drug-likeness (QED) is 0.412. The molecule has 3 N–H and O–H groups in total. The van der Waals surface area contributed by atoms with Crippen molar-refractivity contribution in [3.8, 4) is 0 Å². The first-order valence-corrected chi connectivity index (χ1v) is 12.5. The Morgan fingerprint density at radius 3 is 2.33 bits per heavy atom. The number of rotatable bonds is 11. The zero-order chi connectivity index (χ0) is 27.4. The second-order valence-corrected chi connectivity index (χ2v) is 10.4. The van der Waals surface area contributed by atoms with Crippen molar-refractivity contribution in [2.24, 2.45) is 13.0 Å². The van der Waals surface area contributed by atoms with E-state index in [-0.39, 0.29) is 23.3 Å². The van der Waals surface area contributed by atoms with Crippen LogP contribution >= 0.6 is 0 Å². The summed E-state index contributed by atoms with van der Waals surface area (Å²) < 4.78 is 2.06. The lowest BCUT2D eigenvalue weighted by atomic mass is 9.77. The Hall–Kier alpha value is -3.13. The van der Waals surface area contributed by atoms with Crippen LogP contribution in [0, 0.1) is 5.92 Å². The molecule has 0 aliphatic rings. The van der Waals surface area contributed by atoms with Crippen molar-refractivity contribution < 1.29 is 19.5 Å². The second-order valence-electron chi connectivity index (χ2n) is 10.4. The summed E-state index contributed by atoms with van der Waals surface area (Å²) in [6, 6.07) is 6.36. The number of amides is 2. The fourth-order valence-electron chi connectivity index (χ4n) is 4.90. The van der Waals surface area contributed by atoms with Crippen LogP contribution in [0.25, 0.3) is 10.9 Å². The zero-order valence-corrected chi connectivity index (χ0v) is 23.0. The fourth-order valence-corrected chi connectivity index (χ4v) is 4.90. The number of likely N-dealkylation sites (N-methyl/N-ethyl adjacent to an activating group) is 2. The molecule has 0 spiro atoms. The number of benzene rings is 1. The van der Waals surface area contributed by atoms with Crippen molar-refractivity contribution in [1.82, 2.24) is 20.1 Å². The molecule has 2 amide bonds. The van der Waals surface area contributed by atoms with Gasteiger partial charge in [0.25, 0.3) is 0 Å². The van der Waals surface area contributed by atoms with E-state index in [1.54, 1.807) is 20.2 Å². The average molecular weight is 499 g/mol. The van der Waals surface area contributed by atoms with Crippen LogP contribution in [0.4, 0.5) is 0 Å². The molecule has 1 aromatic heterocycles. The standard InChI is InChI=1S/C28H42N4O4/c1-10-21(26(34)32(9)23(17(2)3)15-18(4)27(35)36)30-25(33)24(29-7)28(5,6)20-16-31(8)22-14-12-11-13-19(20)22/h11-17,21,23-24,29H,10H2,1-9H3,(H,30,33)(H,35,36)/b18-15+/t21?,23?,24-/m1/s1. The molecule has 1 heterocycles. The van der Waals surface area contributed by atoms with Crippen molar-refractivity contribution in [3.05, 3.63) is 47.7 Å². The van der Waals surface area contributed by atoms with E-state index in [9.17, 15) is 19.5 Å². The monoisotopic (exact) mass is 498 g/mol. The highest BCUT2D eigenvalue weighted by Crippen LogP contribution is 2.34. The van der Waals surface area contributed by atoms with Crippen LogP contribution in [0.1, 0.15) is 53.5 Å². The molecule has 0 bridgehead atoms. The van der Waals surface area contributed by atoms with Crippen molar-refractivity contribution >= 4 is 28.7 Å². The number of hydrogen-bond acceptors (Lipinski definition) is 4. The van der Waals surface area contributed by atoms with Gasteiger partial charge in [-0.2, -0.15) is 0 Å². The third-order valence-corrected chi connectivity index (χ3v) is 7.12. The maximum atomic E-state index is 13.6. The number of fused-ring (bicyclic) bond motifs is 1. The molecular formula is C28H42N4O4. The van der Waals surface area contributed by atoms with Gasteiger partial charge in [-0.25, -0.2) is 4.79 Å². The second kappa shape index (κ2) is 11.7. The van der Waals surface area contributed by atoms with Gasteiger partial charge in [0, 0.05) is 42.2 Å². The SMILES string of the molecule is CCC(NC(=O)[C@@H](NC)C(C)(C)c1cn(C)c2ccccc12)C(=O)N(C)C(/C=C(\C)C(=O)O)C(C)C. The highest BCUT2D eigenvalue weighted by atomic mass is 16.4. The Morgan fingerprint density at radius 2 is 1.81 bits per heavy atom. The van der Waals surface area contributed by atoms with E-state index in [1.165, 1.54) is 11.8 Å². The van der Waals surface area contributed by atoms with Crippen LogP contribution in [0.5, 0.6) is 0 Å². The van der Waals surface area contributed by atoms with E-state index in [0.29, 0.717) is 6.42 Å². The van der Waals surface area contributed by atoms with Crippen LogP contribution in [-0.4, -0.2) is 64.6 Å². The topological polar surface area (TPSA) is 104 Å². The number of nitrogens with one attached hydrogen (secondary N) is 2. The number of carbonyl (C=O) groups excluding carboxylic acids is 2. The Morgan fingerprint density at radius 1 is 1.19 bits per heavy atom. The summed E-state index contributed by atoms with van der Waals surface area (Å²) in [5, 5.41) is 16.5. The number of aryl methyl sites for hydroxylation is 1. The van der Waals surface area contributed by atoms with Crippen LogP contribution in [-0.2, 0) is 26.8 Å². The maximum absolute atomic E-state index is 13.6. The third kappa shape index (κ3) is 5.98. The maximum Gasteiger partial charge on any atom is 0.331 e. The molecule has 36 heavy (non-hydrogen) atoms. The van der Waals surface area contributed by atoms with Gasteiger partial charge in [0.1, 0.15) is 6.04 Å². The summed E-state index contributed by atoms with van der Waals surface area (Å²) in [5.41, 5.74) is 1.73. The Kier molecular flexibility index (Phi) is 9.49. The number of nitrogens with zero attached hydrogens (tertiary/aromatic N) is 2. The number of hydrogen-bond donors (Lipinski definition) is 3. The van der Waals surface area contributed by atoms with Gasteiger partial charge < -0.3 is 25.2 Å². The number of para-hydroxylation sites is 1. The summed E-state index contributed by atoms with van der Waals surface area (Å²) in [6.45, 7) is 11.3. The van der Waals surface area contributed by atoms with Crippen molar-refractivity contribution in [2.75, 3.05) is 14.1 Å². The Bertz CT molecular complexity index is 1130. The minimum Gasteiger partial charge on any atom is -0.478 e. The minimum atomic E-state index is -1.02. The van der Waals surface area contributed by atoms with E-state index in [0.717, 1.165) is 16.5 Å². The van der Waals surface area contributed by atoms with Crippen LogP contribution in [0.3, 0.4) is 0 Å². The predicted molar refractivity (Wildman–Crippen MR) is 144 cm³/mol. The Balaban J connectivity index is 2.31. The van der Waals surface area contributed by atoms with Gasteiger partial charge in [0.05, 0.1) is 12.1 Å². The summed E-state index contributed by atoms with van der Waals surface area (Å²) in [7, 11) is 5.40. The van der Waals surface area contributed by atoms with Gasteiger partial charge in [-0.1, -0.05) is 58.9 Å². The third-order valence-electron chi connectivity index (χ3n) is 7.12. The van der Waals surface area contributed by atoms with E-state index in [4.69, 9.17) is 0 Å². The first-order valence-electron chi connectivity index (χ1n) is 12.5. The average Bonchev–Trinajstić information content (AvgIpc) is 3.17. The molecule has 1 aromatic carbocycles. The number of aliphatic carboxylic acids is 1. The molecule has 0 saturated heterocycles. The number of carboxylic acid groups (broad SMARTS) is 1. The van der Waals surface area contributed by atoms with Crippen LogP contribution in [0.2, 0.25) is 0 Å². The largest absolute Gasteiger partial charge is 0.478 e. The van der Waals surface area contributed by atoms with E-state index >= 15 is 0 Å². The van der Waals surface area contributed by atoms with Gasteiger partial charge in [0.2, 0.25) is 11.8 Å². The van der Waals surface area contributed by atoms with Crippen molar-refractivity contribution in [1.29, 1.82) is 0 Å². The van der Waals surface area contributed by atoms with Gasteiger partial charge in [-0.3, -0.25) is 9.59 Å². The van der Waals surface area contributed by atoms with E-state index in [2.05, 4.69) is 33.5 Å². The van der Waals surface area contributed by atoms with Crippen molar-refractivity contribution in [3.63, 3.8) is 0 Å². The first-order chi connectivity index (χ1) is 16.8. The van der Waals surface area contributed by atoms with Crippen molar-refractivity contribution in [2.45, 2.75) is 71.5 Å². The molecule has 198 valence electrons. The summed E-state index contributed by atoms with van der Waals surface area (Å²) in [5.74, 6) is -1.54. The normalized spacial score (nSPS) is 15.0. The van der Waals surface area contributed by atoms with E-state index in [1.807, 2.05) is 53.8 Å². The summed E-state index contributed by atoms with van der Waals surface area (Å²) in [6.07, 6.45) is 4.06. The molecule has 0 radical (unpaired) electrons. The molecule has 2 rings (SSSR count). The highest BCUT2D eigenvalue weighted by molar-refractivity contribution is 5.92. The molecule has 3 atom stereocenters. The van der Waals surface area contributed by atoms with Gasteiger partial charge in [-0.05, 0) is 37.9 Å². The predicted octanol–water partition coefficient (Wildman–Crippen LogP) is 3.45. The lowest BCUT2D eigenvalue weighted by Gasteiger charge is -2.36. The summed E-state index contributed by atoms with van der Waals surface area (Å²) >= 11 is 0. The number of carbonyl (C=O) groups is 3. The van der Waals surface area contributed by atoms with E-state index < -0.39 is 29.5 Å². The lowest BCUT2D eigenvalue weighted by Crippen LogP contribution is -2.58. The molecule has 0 aliphatic carbocycles. The van der Waals surface area contributed by atoms with Crippen LogP contribution in [0.15, 0.2) is 42.1 Å². The van der Waals surface area contributed by atoms with Gasteiger partial charge in [0.15, 0.2) is 0 Å². The van der Waals surface area contributed by atoms with Crippen LogP contribution < -0.4 is 10.6 Å². The fraction of sp³-hybridized carbons (Fsp3) is 0.536. The molecular weight excluding hydrogens is 456 g/mol. The summed E-state index contributed by atoms with van der Waals surface area (Å²) in [4.78, 5) is 39.9. The molecule has 2 unspecified atom stereocenters. The smallest absolute Gasteiger partial charge is 0.331 e. The molecule has 2 aromatic rings. The Labute approximate surface area is 214 Å². The number of carboxylic acids is 1. The molecule has 8 heteroatoms. The van der Waals surface area contributed by atoms with Gasteiger partial charge >= 0.3 is 5.97 Å². The molecule has 0 aliphatic heterocycles. The lowest BCUT2D eigenvalue weighted by molar-refractivity contribution is -0.138. The minimum absolute atomic E-state index is 0.00295. The first kappa shape index (κ1) is 29.1. The zero-order valence-electron chi connectivity index (χ0n) is 23.0. The van der Waals surface area contributed by atoms with Gasteiger partial charge in [-0.15, -0.1) is 0 Å². The number of aromatic nitrogens is 1. The molecule has 0 fully saturated rings. The highest BCUT2D eigenvalue weighted by Gasteiger charge is 2.39. The molecule has 0 saturated carbocycles.